The number of rotatable bonds is 3. The highest BCUT2D eigenvalue weighted by molar-refractivity contribution is 5.37. The number of hydrogen-bond acceptors (Lipinski definition) is 3. The monoisotopic (exact) mass is 247 g/mol. The first-order chi connectivity index (χ1) is 8.86. The van der Waals surface area contributed by atoms with Crippen LogP contribution in [0, 0.1) is 0 Å². The quantitative estimate of drug-likeness (QED) is 0.884. The molecule has 2 aliphatic heterocycles. The molecule has 0 aliphatic carbocycles. The highest BCUT2D eigenvalue weighted by atomic mass is 16.5. The first kappa shape index (κ1) is 12.0. The fraction of sp³-hybridized carbons (Fsp3) is 0.600. The molecule has 3 heteroatoms. The zero-order valence-electron chi connectivity index (χ0n) is 10.7. The number of para-hydroxylation sites is 1. The van der Waals surface area contributed by atoms with Gasteiger partial charge in [0.15, 0.2) is 0 Å². The second-order valence-electron chi connectivity index (χ2n) is 5.38. The fourth-order valence-electron chi connectivity index (χ4n) is 3.12. The van der Waals surface area contributed by atoms with Crippen molar-refractivity contribution in [3.63, 3.8) is 0 Å². The van der Waals surface area contributed by atoms with E-state index in [9.17, 15) is 5.11 Å². The van der Waals surface area contributed by atoms with E-state index < -0.39 is 0 Å². The van der Waals surface area contributed by atoms with E-state index in [0.717, 1.165) is 31.7 Å². The van der Waals surface area contributed by atoms with Crippen LogP contribution in [0.2, 0.25) is 0 Å². The van der Waals surface area contributed by atoms with Crippen LogP contribution >= 0.6 is 0 Å². The summed E-state index contributed by atoms with van der Waals surface area (Å²) in [6, 6.07) is 8.64. The predicted octanol–water partition coefficient (Wildman–Crippen LogP) is 1.84. The van der Waals surface area contributed by atoms with Crippen molar-refractivity contribution in [2.24, 2.45) is 0 Å². The summed E-state index contributed by atoms with van der Waals surface area (Å²) in [6.45, 7) is 2.32. The maximum atomic E-state index is 9.43. The average Bonchev–Trinajstić information content (AvgIpc) is 2.81. The molecular formula is C15H21NO2. The van der Waals surface area contributed by atoms with E-state index in [4.69, 9.17) is 4.74 Å². The summed E-state index contributed by atoms with van der Waals surface area (Å²) in [7, 11) is 0. The lowest BCUT2D eigenvalue weighted by molar-refractivity contribution is 0.0570. The molecule has 0 bridgehead atoms. The van der Waals surface area contributed by atoms with Crippen LogP contribution in [0.3, 0.4) is 0 Å². The molecule has 2 aliphatic rings. The Bertz CT molecular complexity index is 382. The van der Waals surface area contributed by atoms with Gasteiger partial charge in [-0.25, -0.2) is 0 Å². The van der Waals surface area contributed by atoms with Gasteiger partial charge in [-0.2, -0.15) is 0 Å². The summed E-state index contributed by atoms with van der Waals surface area (Å²) in [5, 5.41) is 9.43. The van der Waals surface area contributed by atoms with Gasteiger partial charge in [-0.15, -0.1) is 0 Å². The van der Waals surface area contributed by atoms with Crippen molar-refractivity contribution in [1.82, 2.24) is 4.90 Å². The zero-order chi connectivity index (χ0) is 12.4. The first-order valence-electron chi connectivity index (χ1n) is 6.96. The lowest BCUT2D eigenvalue weighted by atomic mass is 10.0. The van der Waals surface area contributed by atoms with Crippen LogP contribution in [0.5, 0.6) is 5.75 Å². The number of piperidine rings is 1. The van der Waals surface area contributed by atoms with Gasteiger partial charge in [-0.1, -0.05) is 24.6 Å². The van der Waals surface area contributed by atoms with Crippen molar-refractivity contribution in [3.05, 3.63) is 29.8 Å². The number of likely N-dealkylation sites (tertiary alicyclic amines) is 1. The molecule has 1 saturated heterocycles. The molecule has 3 nitrogen and oxygen atoms in total. The molecule has 0 radical (unpaired) electrons. The predicted molar refractivity (Wildman–Crippen MR) is 70.9 cm³/mol. The molecular weight excluding hydrogens is 226 g/mol. The van der Waals surface area contributed by atoms with Crippen LogP contribution in [0.1, 0.15) is 24.8 Å². The number of hydrogen-bond donors (Lipinski definition) is 1. The van der Waals surface area contributed by atoms with E-state index >= 15 is 0 Å². The molecule has 1 fully saturated rings. The minimum Gasteiger partial charge on any atom is -0.488 e. The number of aliphatic hydroxyl groups excluding tert-OH is 1. The molecule has 0 aromatic heterocycles. The van der Waals surface area contributed by atoms with E-state index in [1.807, 2.05) is 6.07 Å². The van der Waals surface area contributed by atoms with Gasteiger partial charge in [0.2, 0.25) is 0 Å². The molecule has 2 heterocycles. The molecule has 98 valence electrons. The van der Waals surface area contributed by atoms with Crippen LogP contribution in [0.15, 0.2) is 24.3 Å². The lowest BCUT2D eigenvalue weighted by Gasteiger charge is -2.35. The minimum absolute atomic E-state index is 0.259. The Balaban J connectivity index is 1.61. The molecule has 1 aromatic rings. The Kier molecular flexibility index (Phi) is 3.52. The second kappa shape index (κ2) is 5.29. The van der Waals surface area contributed by atoms with E-state index in [0.29, 0.717) is 6.04 Å². The van der Waals surface area contributed by atoms with E-state index in [-0.39, 0.29) is 12.7 Å². The lowest BCUT2D eigenvalue weighted by Crippen LogP contribution is -2.46. The molecule has 0 amide bonds. The fourth-order valence-corrected chi connectivity index (χ4v) is 3.12. The van der Waals surface area contributed by atoms with Crippen LogP contribution < -0.4 is 4.74 Å². The Hall–Kier alpha value is -1.06. The van der Waals surface area contributed by atoms with E-state index in [2.05, 4.69) is 23.1 Å². The average molecular weight is 247 g/mol. The van der Waals surface area contributed by atoms with Gasteiger partial charge >= 0.3 is 0 Å². The van der Waals surface area contributed by atoms with Gasteiger partial charge in [0.05, 0.1) is 6.61 Å². The van der Waals surface area contributed by atoms with Crippen molar-refractivity contribution in [1.29, 1.82) is 0 Å². The van der Waals surface area contributed by atoms with Crippen molar-refractivity contribution in [3.8, 4) is 5.75 Å². The number of nitrogens with zero attached hydrogens (tertiary/aromatic N) is 1. The van der Waals surface area contributed by atoms with Crippen molar-refractivity contribution < 1.29 is 9.84 Å². The Morgan fingerprint density at radius 3 is 3.00 bits per heavy atom. The Morgan fingerprint density at radius 2 is 2.17 bits per heavy atom. The van der Waals surface area contributed by atoms with Gasteiger partial charge < -0.3 is 9.84 Å². The molecule has 18 heavy (non-hydrogen) atoms. The van der Waals surface area contributed by atoms with Crippen molar-refractivity contribution in [2.75, 3.05) is 19.7 Å². The second-order valence-corrected chi connectivity index (χ2v) is 5.38. The van der Waals surface area contributed by atoms with Crippen molar-refractivity contribution >= 4 is 0 Å². The maximum Gasteiger partial charge on any atom is 0.123 e. The molecule has 0 spiro atoms. The minimum atomic E-state index is 0.259. The highest BCUT2D eigenvalue weighted by Crippen LogP contribution is 2.29. The first-order valence-corrected chi connectivity index (χ1v) is 6.96. The van der Waals surface area contributed by atoms with Gasteiger partial charge in [-0.05, 0) is 31.0 Å². The van der Waals surface area contributed by atoms with Crippen LogP contribution in [0.25, 0.3) is 0 Å². The van der Waals surface area contributed by atoms with Gasteiger partial charge in [-0.3, -0.25) is 4.90 Å². The number of aliphatic hydroxyl groups is 1. The Morgan fingerprint density at radius 1 is 1.28 bits per heavy atom. The number of ether oxygens (including phenoxy) is 1. The smallest absolute Gasteiger partial charge is 0.123 e. The molecule has 1 N–H and O–H groups in total. The third-order valence-corrected chi connectivity index (χ3v) is 4.11. The molecule has 0 saturated carbocycles. The maximum absolute atomic E-state index is 9.43. The van der Waals surface area contributed by atoms with Crippen LogP contribution in [0.4, 0.5) is 0 Å². The van der Waals surface area contributed by atoms with Crippen LogP contribution in [-0.4, -0.2) is 41.8 Å². The molecule has 1 aromatic carbocycles. The zero-order valence-corrected chi connectivity index (χ0v) is 10.7. The summed E-state index contributed by atoms with van der Waals surface area (Å²) < 4.78 is 5.98. The van der Waals surface area contributed by atoms with Gasteiger partial charge in [0.25, 0.3) is 0 Å². The van der Waals surface area contributed by atoms with Crippen molar-refractivity contribution in [2.45, 2.75) is 37.8 Å². The summed E-state index contributed by atoms with van der Waals surface area (Å²) in [5.74, 6) is 1.04. The Labute approximate surface area is 108 Å². The number of fused-ring (bicyclic) bond motifs is 1. The van der Waals surface area contributed by atoms with Gasteiger partial charge in [0.1, 0.15) is 11.9 Å². The summed E-state index contributed by atoms with van der Waals surface area (Å²) in [4.78, 5) is 2.40. The van der Waals surface area contributed by atoms with E-state index in [1.165, 1.54) is 18.4 Å². The summed E-state index contributed by atoms with van der Waals surface area (Å²) in [5.41, 5.74) is 1.32. The number of benzene rings is 1. The summed E-state index contributed by atoms with van der Waals surface area (Å²) in [6.07, 6.45) is 4.87. The SMILES string of the molecule is OCC1CCCCN1CC1Cc2ccccc2O1. The third-order valence-electron chi connectivity index (χ3n) is 4.11. The van der Waals surface area contributed by atoms with Crippen LogP contribution in [-0.2, 0) is 6.42 Å². The van der Waals surface area contributed by atoms with Gasteiger partial charge in [0, 0.05) is 19.0 Å². The molecule has 3 rings (SSSR count). The topological polar surface area (TPSA) is 32.7 Å². The van der Waals surface area contributed by atoms with E-state index in [1.54, 1.807) is 0 Å². The summed E-state index contributed by atoms with van der Waals surface area (Å²) >= 11 is 0. The standard InChI is InChI=1S/C15H21NO2/c17-11-13-6-3-4-8-16(13)10-14-9-12-5-1-2-7-15(12)18-14/h1-2,5,7,13-14,17H,3-4,6,8-11H2. The third kappa shape index (κ3) is 2.38. The highest BCUT2D eigenvalue weighted by Gasteiger charge is 2.28. The normalized spacial score (nSPS) is 27.8. The molecule has 2 unspecified atom stereocenters. The molecule has 2 atom stereocenters. The largest absolute Gasteiger partial charge is 0.488 e.